The fourth-order valence-corrected chi connectivity index (χ4v) is 5.91. The molecule has 3 amide bonds. The number of amides is 3. The lowest BCUT2D eigenvalue weighted by atomic mass is 10.1. The highest BCUT2D eigenvalue weighted by Gasteiger charge is 2.31. The summed E-state index contributed by atoms with van der Waals surface area (Å²) in [6.45, 7) is 1.65. The zero-order valence-corrected chi connectivity index (χ0v) is 31.1. The SMILES string of the molecule is CCOC(=O)c1ccccc1S(=O)(=O)NC(=O)Nc1nc(Cl)cc(OC)n1.CS(=O)(=O)NC(=O)c1cc(Oc2ccc(C(F)(F)F)cc2Cl)ccc1[N+](=O)[O-]. The molecule has 18 nitrogen and oxygen atoms in total. The van der Waals surface area contributed by atoms with Crippen LogP contribution in [0.2, 0.25) is 10.2 Å². The number of carbonyl (C=O) groups excluding carboxylic acids is 3. The van der Waals surface area contributed by atoms with Crippen LogP contribution in [0.1, 0.15) is 33.2 Å². The number of sulfonamides is 2. The maximum atomic E-state index is 12.7. The second-order valence-electron chi connectivity index (χ2n) is 10.2. The van der Waals surface area contributed by atoms with Crippen molar-refractivity contribution in [3.63, 3.8) is 0 Å². The zero-order chi connectivity index (χ0) is 41.3. The predicted molar refractivity (Wildman–Crippen MR) is 187 cm³/mol. The standard InChI is InChI=1S/C15H10ClF3N2O6S.C15H15ClN4O6S/c1-28(25,26)20-14(22)10-7-9(3-4-12(10)21(23)24)27-13-5-2-8(6-11(13)16)15(17,18)19;1-3-26-13(21)9-6-4-5-7-10(9)27(23,24)20-15(22)19-14-17-11(16)8-12(18-14)25-2/h2-7H,1H3,(H,20,22);4-8H,3H2,1-2H3,(H2,17,18,19,20,22). The molecule has 4 aromatic rings. The van der Waals surface area contributed by atoms with E-state index in [1.54, 1.807) is 16.4 Å². The van der Waals surface area contributed by atoms with Gasteiger partial charge in [0.2, 0.25) is 21.9 Å². The molecule has 294 valence electrons. The number of nitro groups is 1. The first kappa shape index (κ1) is 43.6. The highest BCUT2D eigenvalue weighted by Crippen LogP contribution is 2.37. The second-order valence-corrected chi connectivity index (χ2v) is 14.4. The van der Waals surface area contributed by atoms with Gasteiger partial charge in [0.15, 0.2) is 0 Å². The van der Waals surface area contributed by atoms with Crippen LogP contribution in [0.5, 0.6) is 17.4 Å². The van der Waals surface area contributed by atoms with Crippen molar-refractivity contribution < 1.29 is 63.5 Å². The van der Waals surface area contributed by atoms with Crippen molar-refractivity contribution in [3.8, 4) is 17.4 Å². The number of methoxy groups -OCH3 is 1. The number of aromatic nitrogens is 2. The van der Waals surface area contributed by atoms with E-state index in [0.717, 1.165) is 24.3 Å². The molecule has 0 aliphatic heterocycles. The summed E-state index contributed by atoms with van der Waals surface area (Å²) in [5, 5.41) is 12.8. The number of nitrogens with zero attached hydrogens (tertiary/aromatic N) is 3. The summed E-state index contributed by atoms with van der Waals surface area (Å²) in [5.74, 6) is -2.71. The first-order valence-corrected chi connectivity index (χ1v) is 18.7. The molecule has 0 radical (unpaired) electrons. The number of benzene rings is 3. The molecular weight excluding hydrogens is 828 g/mol. The smallest absolute Gasteiger partial charge is 0.416 e. The molecule has 1 heterocycles. The zero-order valence-electron chi connectivity index (χ0n) is 28.0. The van der Waals surface area contributed by atoms with E-state index < -0.39 is 75.8 Å². The Morgan fingerprint density at radius 3 is 2.18 bits per heavy atom. The lowest BCUT2D eigenvalue weighted by Crippen LogP contribution is -2.35. The Kier molecular flexibility index (Phi) is 14.3. The van der Waals surface area contributed by atoms with Crippen LogP contribution in [-0.2, 0) is 31.0 Å². The van der Waals surface area contributed by atoms with Gasteiger partial charge in [-0.1, -0.05) is 35.3 Å². The molecule has 3 aromatic carbocycles. The van der Waals surface area contributed by atoms with Crippen LogP contribution in [0.4, 0.5) is 29.6 Å². The molecule has 1 aromatic heterocycles. The number of anilines is 1. The summed E-state index contributed by atoms with van der Waals surface area (Å²) >= 11 is 11.5. The number of carbonyl (C=O) groups is 3. The fourth-order valence-electron chi connectivity index (χ4n) is 3.97. The minimum atomic E-state index is -4.62. The topological polar surface area (TPSA) is 252 Å². The summed E-state index contributed by atoms with van der Waals surface area (Å²) in [7, 11) is -7.05. The van der Waals surface area contributed by atoms with E-state index in [1.165, 1.54) is 37.4 Å². The van der Waals surface area contributed by atoms with Gasteiger partial charge in [-0.05, 0) is 43.3 Å². The Bertz CT molecular complexity index is 2350. The van der Waals surface area contributed by atoms with Crippen LogP contribution >= 0.6 is 23.2 Å². The van der Waals surface area contributed by atoms with Crippen LogP contribution in [0, 0.1) is 10.1 Å². The summed E-state index contributed by atoms with van der Waals surface area (Å²) in [6.07, 6.45) is -3.94. The van der Waals surface area contributed by atoms with E-state index in [4.69, 9.17) is 37.4 Å². The van der Waals surface area contributed by atoms with Gasteiger partial charge < -0.3 is 14.2 Å². The van der Waals surface area contributed by atoms with Gasteiger partial charge >= 0.3 is 18.2 Å². The van der Waals surface area contributed by atoms with E-state index >= 15 is 0 Å². The normalized spacial score (nSPS) is 11.3. The third-order valence-electron chi connectivity index (χ3n) is 6.18. The van der Waals surface area contributed by atoms with Crippen molar-refractivity contribution in [1.82, 2.24) is 19.4 Å². The van der Waals surface area contributed by atoms with E-state index in [9.17, 15) is 54.5 Å². The van der Waals surface area contributed by atoms with E-state index in [1.807, 2.05) is 0 Å². The third-order valence-corrected chi connectivity index (χ3v) is 8.61. The molecule has 0 unspecified atom stereocenters. The van der Waals surface area contributed by atoms with Gasteiger partial charge in [0, 0.05) is 18.2 Å². The van der Waals surface area contributed by atoms with Gasteiger partial charge in [0.05, 0.1) is 41.0 Å². The van der Waals surface area contributed by atoms with Crippen LogP contribution in [-0.4, -0.2) is 69.6 Å². The van der Waals surface area contributed by atoms with Crippen molar-refractivity contribution in [3.05, 3.63) is 104 Å². The molecule has 4 rings (SSSR count). The van der Waals surface area contributed by atoms with Crippen molar-refractivity contribution in [2.45, 2.75) is 18.0 Å². The Morgan fingerprint density at radius 2 is 1.60 bits per heavy atom. The molecule has 0 spiro atoms. The van der Waals surface area contributed by atoms with Gasteiger partial charge in [0.25, 0.3) is 21.6 Å². The van der Waals surface area contributed by atoms with E-state index in [0.29, 0.717) is 18.4 Å². The van der Waals surface area contributed by atoms with Crippen molar-refractivity contribution in [2.24, 2.45) is 0 Å². The fraction of sp³-hybridized carbons (Fsp3) is 0.167. The number of rotatable bonds is 11. The molecule has 0 saturated carbocycles. The van der Waals surface area contributed by atoms with Crippen molar-refractivity contribution >= 4 is 72.8 Å². The third kappa shape index (κ3) is 12.7. The molecule has 0 aliphatic rings. The average Bonchev–Trinajstić information content (AvgIpc) is 3.07. The number of nitro benzene ring substituents is 1. The molecular formula is C30H25Cl2F3N6O12S2. The van der Waals surface area contributed by atoms with E-state index in [2.05, 4.69) is 15.3 Å². The lowest BCUT2D eigenvalue weighted by molar-refractivity contribution is -0.385. The molecule has 0 bridgehead atoms. The van der Waals surface area contributed by atoms with Gasteiger partial charge in [-0.2, -0.15) is 18.2 Å². The maximum absolute atomic E-state index is 12.7. The first-order valence-electron chi connectivity index (χ1n) is 14.6. The highest BCUT2D eigenvalue weighted by atomic mass is 35.5. The monoisotopic (exact) mass is 852 g/mol. The van der Waals surface area contributed by atoms with Crippen molar-refractivity contribution in [1.29, 1.82) is 0 Å². The van der Waals surface area contributed by atoms with Gasteiger partial charge in [-0.3, -0.25) is 20.2 Å². The summed E-state index contributed by atoms with van der Waals surface area (Å²) in [5.41, 5.74) is -2.55. The number of alkyl halides is 3. The Hall–Kier alpha value is -5.78. The molecule has 3 N–H and O–H groups in total. The Labute approximate surface area is 319 Å². The Morgan fingerprint density at radius 1 is 0.927 bits per heavy atom. The number of ether oxygens (including phenoxy) is 3. The first-order chi connectivity index (χ1) is 25.5. The van der Waals surface area contributed by atoms with Crippen LogP contribution < -0.4 is 24.2 Å². The molecule has 55 heavy (non-hydrogen) atoms. The molecule has 0 fully saturated rings. The number of halogens is 5. The number of nitrogens with one attached hydrogen (secondary N) is 3. The molecule has 0 saturated heterocycles. The van der Waals surface area contributed by atoms with Gasteiger partial charge in [-0.25, -0.2) is 40.9 Å². The highest BCUT2D eigenvalue weighted by molar-refractivity contribution is 7.90. The van der Waals surface area contributed by atoms with Crippen LogP contribution in [0.25, 0.3) is 0 Å². The summed E-state index contributed by atoms with van der Waals surface area (Å²) in [6, 6.07) is 10.6. The average molecular weight is 854 g/mol. The number of esters is 1. The molecule has 0 aliphatic carbocycles. The van der Waals surface area contributed by atoms with Gasteiger partial charge in [-0.15, -0.1) is 0 Å². The summed E-state index contributed by atoms with van der Waals surface area (Å²) < 4.78 is 104. The van der Waals surface area contributed by atoms with Crippen LogP contribution in [0.3, 0.4) is 0 Å². The predicted octanol–water partition coefficient (Wildman–Crippen LogP) is 5.57. The molecule has 25 heteroatoms. The minimum Gasteiger partial charge on any atom is -0.481 e. The lowest BCUT2D eigenvalue weighted by Gasteiger charge is -2.12. The summed E-state index contributed by atoms with van der Waals surface area (Å²) in [4.78, 5) is 53.2. The second kappa shape index (κ2) is 18.0. The van der Waals surface area contributed by atoms with Gasteiger partial charge in [0.1, 0.15) is 27.1 Å². The number of urea groups is 1. The number of hydrogen-bond donors (Lipinski definition) is 3. The quantitative estimate of drug-likeness (QED) is 0.0722. The number of hydrogen-bond acceptors (Lipinski definition) is 14. The maximum Gasteiger partial charge on any atom is 0.416 e. The Balaban J connectivity index is 0.000000296. The minimum absolute atomic E-state index is 0.0207. The van der Waals surface area contributed by atoms with E-state index in [-0.39, 0.29) is 40.7 Å². The van der Waals surface area contributed by atoms with Crippen LogP contribution in [0.15, 0.2) is 71.6 Å². The molecule has 0 atom stereocenters. The van der Waals surface area contributed by atoms with Crippen molar-refractivity contribution in [2.75, 3.05) is 25.3 Å². The largest absolute Gasteiger partial charge is 0.481 e.